The van der Waals surface area contributed by atoms with Crippen molar-refractivity contribution in [3.8, 4) is 0 Å². The van der Waals surface area contributed by atoms with E-state index in [1.54, 1.807) is 6.20 Å². The Hall–Kier alpha value is -3.94. The number of carbonyl (C=O) groups is 1. The van der Waals surface area contributed by atoms with Crippen molar-refractivity contribution in [2.24, 2.45) is 0 Å². The second-order valence-electron chi connectivity index (χ2n) is 6.97. The normalized spacial score (nSPS) is 13.7. The molecule has 30 heavy (non-hydrogen) atoms. The first kappa shape index (κ1) is 19.4. The number of amides is 1. The molecule has 1 amide bonds. The maximum atomic E-state index is 12.3. The van der Waals surface area contributed by atoms with Crippen LogP contribution in [-0.4, -0.2) is 42.0 Å². The lowest BCUT2D eigenvalue weighted by Gasteiger charge is -2.36. The Morgan fingerprint density at radius 2 is 1.57 bits per heavy atom. The summed E-state index contributed by atoms with van der Waals surface area (Å²) < 4.78 is 0. The number of nitrogens with zero attached hydrogens (tertiary/aromatic N) is 4. The van der Waals surface area contributed by atoms with E-state index < -0.39 is 4.92 Å². The van der Waals surface area contributed by atoms with Crippen molar-refractivity contribution in [1.29, 1.82) is 0 Å². The number of nitro groups is 1. The number of nitrogens with one attached hydrogen (secondary N) is 1. The van der Waals surface area contributed by atoms with Gasteiger partial charge in [-0.1, -0.05) is 18.2 Å². The summed E-state index contributed by atoms with van der Waals surface area (Å²) >= 11 is 0. The van der Waals surface area contributed by atoms with Crippen LogP contribution in [0.25, 0.3) is 0 Å². The molecule has 0 radical (unpaired) electrons. The van der Waals surface area contributed by atoms with Crippen molar-refractivity contribution in [2.75, 3.05) is 41.3 Å². The van der Waals surface area contributed by atoms with Crippen molar-refractivity contribution < 1.29 is 9.72 Å². The monoisotopic (exact) mass is 403 g/mol. The largest absolute Gasteiger partial charge is 0.368 e. The van der Waals surface area contributed by atoms with Crippen molar-refractivity contribution >= 4 is 28.8 Å². The summed E-state index contributed by atoms with van der Waals surface area (Å²) in [6.07, 6.45) is 1.63. The minimum Gasteiger partial charge on any atom is -0.368 e. The summed E-state index contributed by atoms with van der Waals surface area (Å²) in [6.45, 7) is 3.58. The highest BCUT2D eigenvalue weighted by molar-refractivity contribution is 6.04. The molecule has 1 aromatic heterocycles. The topological polar surface area (TPSA) is 91.6 Å². The first-order valence-corrected chi connectivity index (χ1v) is 9.67. The van der Waals surface area contributed by atoms with Gasteiger partial charge in [0, 0.05) is 49.6 Å². The van der Waals surface area contributed by atoms with E-state index in [4.69, 9.17) is 0 Å². The van der Waals surface area contributed by atoms with Gasteiger partial charge in [0.25, 0.3) is 11.6 Å². The van der Waals surface area contributed by atoms with Crippen LogP contribution in [0.4, 0.5) is 22.9 Å². The lowest BCUT2D eigenvalue weighted by atomic mass is 10.2. The van der Waals surface area contributed by atoms with Crippen molar-refractivity contribution in [2.45, 2.75) is 0 Å². The zero-order valence-electron chi connectivity index (χ0n) is 16.3. The third-order valence-electron chi connectivity index (χ3n) is 5.07. The van der Waals surface area contributed by atoms with Gasteiger partial charge in [-0.25, -0.2) is 4.98 Å². The van der Waals surface area contributed by atoms with Gasteiger partial charge in [-0.2, -0.15) is 0 Å². The zero-order valence-corrected chi connectivity index (χ0v) is 16.3. The van der Waals surface area contributed by atoms with E-state index in [1.807, 2.05) is 30.3 Å². The fourth-order valence-electron chi connectivity index (χ4n) is 3.42. The van der Waals surface area contributed by atoms with Crippen LogP contribution in [-0.2, 0) is 0 Å². The lowest BCUT2D eigenvalue weighted by molar-refractivity contribution is -0.384. The molecule has 8 heteroatoms. The van der Waals surface area contributed by atoms with E-state index in [2.05, 4.69) is 32.2 Å². The minimum atomic E-state index is -0.496. The van der Waals surface area contributed by atoms with Gasteiger partial charge < -0.3 is 15.1 Å². The number of aromatic nitrogens is 1. The number of benzene rings is 2. The Morgan fingerprint density at radius 3 is 2.17 bits per heavy atom. The molecule has 0 atom stereocenters. The predicted molar refractivity (Wildman–Crippen MR) is 116 cm³/mol. The number of pyridine rings is 1. The van der Waals surface area contributed by atoms with E-state index in [0.717, 1.165) is 32.0 Å². The number of para-hydroxylation sites is 1. The number of hydrogen-bond acceptors (Lipinski definition) is 6. The van der Waals surface area contributed by atoms with Crippen molar-refractivity contribution in [1.82, 2.24) is 4.98 Å². The number of piperazine rings is 1. The second-order valence-corrected chi connectivity index (χ2v) is 6.97. The summed E-state index contributed by atoms with van der Waals surface area (Å²) in [4.78, 5) is 31.6. The average Bonchev–Trinajstić information content (AvgIpc) is 2.80. The molecule has 0 saturated carbocycles. The standard InChI is InChI=1S/C22H21N5O3/c28-22(17-6-9-20(10-7-17)27(29)30)24-18-8-11-21(23-16-18)26-14-12-25(13-15-26)19-4-2-1-3-5-19/h1-11,16H,12-15H2,(H,24,28). The Morgan fingerprint density at radius 1 is 0.900 bits per heavy atom. The molecule has 1 N–H and O–H groups in total. The zero-order chi connectivity index (χ0) is 20.9. The smallest absolute Gasteiger partial charge is 0.269 e. The Kier molecular flexibility index (Phi) is 5.56. The van der Waals surface area contributed by atoms with Gasteiger partial charge in [0.05, 0.1) is 16.8 Å². The van der Waals surface area contributed by atoms with Gasteiger partial charge in [0.1, 0.15) is 5.82 Å². The highest BCUT2D eigenvalue weighted by atomic mass is 16.6. The Balaban J connectivity index is 1.34. The number of anilines is 3. The SMILES string of the molecule is O=C(Nc1ccc(N2CCN(c3ccccc3)CC2)nc1)c1ccc([N+](=O)[O-])cc1. The van der Waals surface area contributed by atoms with Crippen LogP contribution in [0, 0.1) is 10.1 Å². The van der Waals surface area contributed by atoms with Crippen LogP contribution in [0.3, 0.4) is 0 Å². The summed E-state index contributed by atoms with van der Waals surface area (Å²) in [7, 11) is 0. The van der Waals surface area contributed by atoms with Crippen molar-refractivity contribution in [3.05, 3.63) is 88.6 Å². The van der Waals surface area contributed by atoms with Gasteiger partial charge in [0.15, 0.2) is 0 Å². The van der Waals surface area contributed by atoms with Crippen LogP contribution < -0.4 is 15.1 Å². The fraction of sp³-hybridized carbons (Fsp3) is 0.182. The second kappa shape index (κ2) is 8.60. The molecule has 3 aromatic rings. The molecule has 1 saturated heterocycles. The third-order valence-corrected chi connectivity index (χ3v) is 5.07. The highest BCUT2D eigenvalue weighted by Gasteiger charge is 2.18. The Labute approximate surface area is 173 Å². The van der Waals surface area contributed by atoms with Gasteiger partial charge in [-0.15, -0.1) is 0 Å². The number of rotatable bonds is 5. The number of non-ortho nitro benzene ring substituents is 1. The fourth-order valence-corrected chi connectivity index (χ4v) is 3.42. The summed E-state index contributed by atoms with van der Waals surface area (Å²) in [5.74, 6) is 0.534. The average molecular weight is 403 g/mol. The lowest BCUT2D eigenvalue weighted by Crippen LogP contribution is -2.46. The van der Waals surface area contributed by atoms with Crippen LogP contribution in [0.1, 0.15) is 10.4 Å². The van der Waals surface area contributed by atoms with E-state index >= 15 is 0 Å². The maximum Gasteiger partial charge on any atom is 0.269 e. The summed E-state index contributed by atoms with van der Waals surface area (Å²) in [5.41, 5.74) is 2.10. The molecule has 152 valence electrons. The number of hydrogen-bond donors (Lipinski definition) is 1. The summed E-state index contributed by atoms with van der Waals surface area (Å²) in [5, 5.41) is 13.5. The predicted octanol–water partition coefficient (Wildman–Crippen LogP) is 3.57. The van der Waals surface area contributed by atoms with E-state index in [0.29, 0.717) is 11.3 Å². The highest BCUT2D eigenvalue weighted by Crippen LogP contribution is 2.20. The molecule has 0 aliphatic carbocycles. The van der Waals surface area contributed by atoms with Crippen LogP contribution >= 0.6 is 0 Å². The number of nitro benzene ring substituents is 1. The molecule has 4 rings (SSSR count). The quantitative estimate of drug-likeness (QED) is 0.517. The molecular weight excluding hydrogens is 382 g/mol. The minimum absolute atomic E-state index is 0.0510. The third kappa shape index (κ3) is 4.38. The van der Waals surface area contributed by atoms with Crippen LogP contribution in [0.5, 0.6) is 0 Å². The molecule has 0 unspecified atom stereocenters. The molecule has 8 nitrogen and oxygen atoms in total. The van der Waals surface area contributed by atoms with E-state index in [9.17, 15) is 14.9 Å². The summed E-state index contributed by atoms with van der Waals surface area (Å²) in [6, 6.07) is 19.6. The van der Waals surface area contributed by atoms with Gasteiger partial charge >= 0.3 is 0 Å². The molecule has 1 aliphatic heterocycles. The Bertz CT molecular complexity index is 1010. The van der Waals surface area contributed by atoms with E-state index in [1.165, 1.54) is 30.0 Å². The van der Waals surface area contributed by atoms with Gasteiger partial charge in [-0.3, -0.25) is 14.9 Å². The first-order valence-electron chi connectivity index (χ1n) is 9.67. The maximum absolute atomic E-state index is 12.3. The first-order chi connectivity index (χ1) is 14.6. The van der Waals surface area contributed by atoms with Crippen LogP contribution in [0.2, 0.25) is 0 Å². The molecule has 0 bridgehead atoms. The molecule has 0 spiro atoms. The molecule has 1 aliphatic rings. The van der Waals surface area contributed by atoms with E-state index in [-0.39, 0.29) is 11.6 Å². The van der Waals surface area contributed by atoms with Gasteiger partial charge in [0.2, 0.25) is 0 Å². The molecule has 1 fully saturated rings. The van der Waals surface area contributed by atoms with Crippen LogP contribution in [0.15, 0.2) is 72.9 Å². The molecule has 2 heterocycles. The van der Waals surface area contributed by atoms with Gasteiger partial charge in [-0.05, 0) is 36.4 Å². The molecular formula is C22H21N5O3. The van der Waals surface area contributed by atoms with Crippen molar-refractivity contribution in [3.63, 3.8) is 0 Å². The number of carbonyl (C=O) groups excluding carboxylic acids is 1. The molecule has 2 aromatic carbocycles.